The lowest BCUT2D eigenvalue weighted by Crippen LogP contribution is -2.43. The van der Waals surface area contributed by atoms with Crippen LogP contribution in [0.15, 0.2) is 48.8 Å². The Balaban J connectivity index is 1.99. The van der Waals surface area contributed by atoms with E-state index in [1.807, 2.05) is 19.1 Å². The molecule has 0 unspecified atom stereocenters. The molecular formula is C17H18ClN2O2+. The standard InChI is InChI=1S/C17H17ClN2O2/c1-12(14-5-7-16(18)8-6-14)19-17(22)11-20-9-3-4-15(10-20)13(2)21/h3-10,12H,11H2,1-2H3/p+1/t12-/m1/s1. The Bertz CT molecular complexity index is 683. The van der Waals surface area contributed by atoms with E-state index in [-0.39, 0.29) is 24.3 Å². The van der Waals surface area contributed by atoms with Crippen LogP contribution in [0.5, 0.6) is 0 Å². The van der Waals surface area contributed by atoms with E-state index < -0.39 is 0 Å². The van der Waals surface area contributed by atoms with Crippen molar-refractivity contribution in [2.45, 2.75) is 26.4 Å². The lowest BCUT2D eigenvalue weighted by molar-refractivity contribution is -0.684. The first-order valence-electron chi connectivity index (χ1n) is 7.00. The van der Waals surface area contributed by atoms with E-state index in [1.54, 1.807) is 41.2 Å². The highest BCUT2D eigenvalue weighted by molar-refractivity contribution is 6.30. The van der Waals surface area contributed by atoms with Crippen LogP contribution in [0.25, 0.3) is 0 Å². The summed E-state index contributed by atoms with van der Waals surface area (Å²) in [5.41, 5.74) is 1.57. The molecule has 1 N–H and O–H groups in total. The largest absolute Gasteiger partial charge is 0.344 e. The highest BCUT2D eigenvalue weighted by Gasteiger charge is 2.14. The second-order valence-corrected chi connectivity index (χ2v) is 5.60. The summed E-state index contributed by atoms with van der Waals surface area (Å²) in [6.45, 7) is 3.58. The van der Waals surface area contributed by atoms with E-state index in [2.05, 4.69) is 5.32 Å². The van der Waals surface area contributed by atoms with Gasteiger partial charge in [-0.2, -0.15) is 4.57 Å². The monoisotopic (exact) mass is 317 g/mol. The van der Waals surface area contributed by atoms with E-state index in [1.165, 1.54) is 6.92 Å². The molecular weight excluding hydrogens is 300 g/mol. The van der Waals surface area contributed by atoms with Crippen molar-refractivity contribution in [1.82, 2.24) is 5.32 Å². The molecule has 0 aliphatic heterocycles. The highest BCUT2D eigenvalue weighted by atomic mass is 35.5. The minimum atomic E-state index is -0.117. The van der Waals surface area contributed by atoms with Crippen molar-refractivity contribution in [3.63, 3.8) is 0 Å². The van der Waals surface area contributed by atoms with Crippen LogP contribution in [0.4, 0.5) is 0 Å². The van der Waals surface area contributed by atoms with Crippen molar-refractivity contribution in [3.8, 4) is 0 Å². The van der Waals surface area contributed by atoms with Crippen molar-refractivity contribution in [2.75, 3.05) is 0 Å². The van der Waals surface area contributed by atoms with Gasteiger partial charge in [0.05, 0.1) is 11.6 Å². The molecule has 2 rings (SSSR count). The molecule has 1 amide bonds. The summed E-state index contributed by atoms with van der Waals surface area (Å²) >= 11 is 5.85. The van der Waals surface area contributed by atoms with Gasteiger partial charge in [0.25, 0.3) is 5.91 Å². The molecule has 1 aromatic carbocycles. The summed E-state index contributed by atoms with van der Waals surface area (Å²) in [6, 6.07) is 10.7. The van der Waals surface area contributed by atoms with Crippen LogP contribution < -0.4 is 9.88 Å². The molecule has 114 valence electrons. The summed E-state index contributed by atoms with van der Waals surface area (Å²) < 4.78 is 1.70. The van der Waals surface area contributed by atoms with Gasteiger partial charge < -0.3 is 5.32 Å². The van der Waals surface area contributed by atoms with Crippen molar-refractivity contribution < 1.29 is 14.2 Å². The lowest BCUT2D eigenvalue weighted by atomic mass is 10.1. The zero-order chi connectivity index (χ0) is 16.1. The fourth-order valence-electron chi connectivity index (χ4n) is 2.12. The SMILES string of the molecule is CC(=O)c1ccc[n+](CC(=O)N[C@H](C)c2ccc(Cl)cc2)c1. The minimum absolute atomic E-state index is 0.0238. The van der Waals surface area contributed by atoms with Gasteiger partial charge in [-0.3, -0.25) is 9.59 Å². The Kier molecular flexibility index (Phi) is 5.28. The van der Waals surface area contributed by atoms with Crippen LogP contribution in [-0.2, 0) is 11.3 Å². The van der Waals surface area contributed by atoms with E-state index in [4.69, 9.17) is 11.6 Å². The molecule has 0 radical (unpaired) electrons. The number of hydrogen-bond acceptors (Lipinski definition) is 2. The third-order valence-corrected chi connectivity index (χ3v) is 3.59. The van der Waals surface area contributed by atoms with Gasteiger partial charge in [-0.05, 0) is 37.6 Å². The van der Waals surface area contributed by atoms with Gasteiger partial charge in [0, 0.05) is 11.1 Å². The van der Waals surface area contributed by atoms with Crippen molar-refractivity contribution in [3.05, 3.63) is 64.9 Å². The molecule has 0 spiro atoms. The number of amides is 1. The van der Waals surface area contributed by atoms with E-state index in [0.29, 0.717) is 10.6 Å². The number of ketones is 1. The summed E-state index contributed by atoms with van der Waals surface area (Å²) in [6.07, 6.45) is 3.44. The van der Waals surface area contributed by atoms with Crippen molar-refractivity contribution in [2.24, 2.45) is 0 Å². The first-order chi connectivity index (χ1) is 10.5. The van der Waals surface area contributed by atoms with Crippen LogP contribution in [-0.4, -0.2) is 11.7 Å². The average molecular weight is 318 g/mol. The maximum absolute atomic E-state index is 12.1. The Morgan fingerprint density at radius 2 is 1.91 bits per heavy atom. The highest BCUT2D eigenvalue weighted by Crippen LogP contribution is 2.15. The molecule has 1 aromatic heterocycles. The summed E-state index contributed by atoms with van der Waals surface area (Å²) in [4.78, 5) is 23.5. The molecule has 0 fully saturated rings. The van der Waals surface area contributed by atoms with Gasteiger partial charge in [0.15, 0.2) is 18.2 Å². The van der Waals surface area contributed by atoms with Crippen LogP contribution >= 0.6 is 11.6 Å². The molecule has 22 heavy (non-hydrogen) atoms. The number of hydrogen-bond donors (Lipinski definition) is 1. The third kappa shape index (κ3) is 4.40. The lowest BCUT2D eigenvalue weighted by Gasteiger charge is -2.13. The van der Waals surface area contributed by atoms with E-state index >= 15 is 0 Å². The molecule has 0 saturated heterocycles. The molecule has 0 aliphatic rings. The van der Waals surface area contributed by atoms with E-state index in [9.17, 15) is 9.59 Å². The quantitative estimate of drug-likeness (QED) is 0.681. The Labute approximate surface area is 134 Å². The summed E-state index contributed by atoms with van der Waals surface area (Å²) in [5.74, 6) is -0.141. The topological polar surface area (TPSA) is 50.0 Å². The van der Waals surface area contributed by atoms with Gasteiger partial charge in [-0.15, -0.1) is 0 Å². The molecule has 0 aliphatic carbocycles. The van der Waals surface area contributed by atoms with Crippen LogP contribution in [0.3, 0.4) is 0 Å². The number of carbonyl (C=O) groups is 2. The number of nitrogens with zero attached hydrogens (tertiary/aromatic N) is 1. The molecule has 0 saturated carbocycles. The smallest absolute Gasteiger partial charge is 0.286 e. The number of benzene rings is 1. The maximum atomic E-state index is 12.1. The predicted octanol–water partition coefficient (Wildman–Crippen LogP) is 2.71. The first-order valence-corrected chi connectivity index (χ1v) is 7.38. The van der Waals surface area contributed by atoms with E-state index in [0.717, 1.165) is 5.56 Å². The van der Waals surface area contributed by atoms with Gasteiger partial charge in [-0.25, -0.2) is 0 Å². The molecule has 2 aromatic rings. The zero-order valence-electron chi connectivity index (χ0n) is 12.5. The first kappa shape index (κ1) is 16.2. The van der Waals surface area contributed by atoms with Crippen LogP contribution in [0.2, 0.25) is 5.02 Å². The zero-order valence-corrected chi connectivity index (χ0v) is 13.3. The fraction of sp³-hybridized carbons (Fsp3) is 0.235. The summed E-state index contributed by atoms with van der Waals surface area (Å²) in [7, 11) is 0. The second kappa shape index (κ2) is 7.18. The molecule has 5 heteroatoms. The van der Waals surface area contributed by atoms with Gasteiger partial charge >= 0.3 is 0 Å². The second-order valence-electron chi connectivity index (χ2n) is 5.16. The number of Topliss-reactive ketones (excluding diaryl/α,β-unsaturated/α-hetero) is 1. The Morgan fingerprint density at radius 1 is 1.23 bits per heavy atom. The Morgan fingerprint density at radius 3 is 2.55 bits per heavy atom. The van der Waals surface area contributed by atoms with Crippen molar-refractivity contribution in [1.29, 1.82) is 0 Å². The fourth-order valence-corrected chi connectivity index (χ4v) is 2.24. The number of nitrogens with one attached hydrogen (secondary N) is 1. The normalized spacial score (nSPS) is 11.8. The van der Waals surface area contributed by atoms with Gasteiger partial charge in [-0.1, -0.05) is 23.7 Å². The van der Waals surface area contributed by atoms with Gasteiger partial charge in [0.2, 0.25) is 6.54 Å². The summed E-state index contributed by atoms with van der Waals surface area (Å²) in [5, 5.41) is 3.59. The minimum Gasteiger partial charge on any atom is -0.344 e. The number of carbonyl (C=O) groups excluding carboxylic acids is 2. The molecule has 1 atom stereocenters. The number of aromatic nitrogens is 1. The molecule has 4 nitrogen and oxygen atoms in total. The number of halogens is 1. The average Bonchev–Trinajstić information content (AvgIpc) is 2.47. The third-order valence-electron chi connectivity index (χ3n) is 3.34. The molecule has 1 heterocycles. The maximum Gasteiger partial charge on any atom is 0.286 e. The molecule has 0 bridgehead atoms. The van der Waals surface area contributed by atoms with Crippen molar-refractivity contribution >= 4 is 23.3 Å². The van der Waals surface area contributed by atoms with Crippen LogP contribution in [0, 0.1) is 0 Å². The predicted molar refractivity (Wildman–Crippen MR) is 84.7 cm³/mol. The Hall–Kier alpha value is -2.20. The van der Waals surface area contributed by atoms with Gasteiger partial charge in [0.1, 0.15) is 0 Å². The number of pyridine rings is 1. The van der Waals surface area contributed by atoms with Crippen LogP contribution in [0.1, 0.15) is 35.8 Å². The number of rotatable bonds is 5.